The first-order chi connectivity index (χ1) is 10.4. The molecular formula is C16H28IN3O2. The Morgan fingerprint density at radius 3 is 2.95 bits per heavy atom. The van der Waals surface area contributed by atoms with E-state index in [1.165, 1.54) is 0 Å². The SMILES string of the molecule is C/C=C/CCNC(=NCCCOCc1ccco1)NCC.I. The molecule has 0 aliphatic carbocycles. The van der Waals surface area contributed by atoms with Crippen LogP contribution in [0.3, 0.4) is 0 Å². The van der Waals surface area contributed by atoms with Crippen molar-refractivity contribution in [2.45, 2.75) is 33.3 Å². The van der Waals surface area contributed by atoms with Crippen LogP contribution in [0.25, 0.3) is 0 Å². The van der Waals surface area contributed by atoms with Crippen LogP contribution in [0.4, 0.5) is 0 Å². The minimum absolute atomic E-state index is 0. The fourth-order valence-corrected chi connectivity index (χ4v) is 1.71. The van der Waals surface area contributed by atoms with Crippen LogP contribution in [0.15, 0.2) is 40.0 Å². The van der Waals surface area contributed by atoms with E-state index in [1.807, 2.05) is 19.1 Å². The van der Waals surface area contributed by atoms with E-state index in [2.05, 4.69) is 34.7 Å². The smallest absolute Gasteiger partial charge is 0.191 e. The second-order valence-electron chi connectivity index (χ2n) is 4.53. The van der Waals surface area contributed by atoms with Gasteiger partial charge in [-0.2, -0.15) is 0 Å². The number of allylic oxidation sites excluding steroid dienone is 1. The van der Waals surface area contributed by atoms with Gasteiger partial charge >= 0.3 is 0 Å². The molecule has 0 saturated carbocycles. The van der Waals surface area contributed by atoms with Crippen LogP contribution in [0.2, 0.25) is 0 Å². The molecule has 0 atom stereocenters. The third-order valence-corrected chi connectivity index (χ3v) is 2.72. The van der Waals surface area contributed by atoms with Gasteiger partial charge in [-0.15, -0.1) is 24.0 Å². The first-order valence-electron chi connectivity index (χ1n) is 7.60. The van der Waals surface area contributed by atoms with Crippen molar-refractivity contribution in [3.63, 3.8) is 0 Å². The molecule has 0 aliphatic heterocycles. The minimum Gasteiger partial charge on any atom is -0.467 e. The Balaban J connectivity index is 0.00000441. The fraction of sp³-hybridized carbons (Fsp3) is 0.562. The van der Waals surface area contributed by atoms with Gasteiger partial charge in [0.05, 0.1) is 6.26 Å². The highest BCUT2D eigenvalue weighted by Gasteiger charge is 1.97. The molecule has 0 spiro atoms. The predicted molar refractivity (Wildman–Crippen MR) is 102 cm³/mol. The maximum Gasteiger partial charge on any atom is 0.191 e. The van der Waals surface area contributed by atoms with Crippen molar-refractivity contribution in [3.05, 3.63) is 36.3 Å². The molecule has 1 heterocycles. The largest absolute Gasteiger partial charge is 0.467 e. The minimum atomic E-state index is 0. The van der Waals surface area contributed by atoms with Crippen LogP contribution < -0.4 is 10.6 Å². The van der Waals surface area contributed by atoms with E-state index in [9.17, 15) is 0 Å². The molecule has 0 radical (unpaired) electrons. The zero-order valence-electron chi connectivity index (χ0n) is 13.5. The number of aliphatic imine (C=N–C) groups is 1. The molecule has 0 aromatic carbocycles. The van der Waals surface area contributed by atoms with Gasteiger partial charge in [0.1, 0.15) is 12.4 Å². The Morgan fingerprint density at radius 1 is 1.41 bits per heavy atom. The highest BCUT2D eigenvalue weighted by molar-refractivity contribution is 14.0. The molecule has 0 bridgehead atoms. The van der Waals surface area contributed by atoms with Crippen molar-refractivity contribution in [2.75, 3.05) is 26.2 Å². The number of hydrogen-bond donors (Lipinski definition) is 2. The molecule has 0 aliphatic rings. The van der Waals surface area contributed by atoms with Gasteiger partial charge in [-0.05, 0) is 38.8 Å². The number of nitrogens with one attached hydrogen (secondary N) is 2. The van der Waals surface area contributed by atoms with Crippen molar-refractivity contribution in [1.82, 2.24) is 10.6 Å². The lowest BCUT2D eigenvalue weighted by Gasteiger charge is -2.10. The Bertz CT molecular complexity index is 406. The van der Waals surface area contributed by atoms with E-state index >= 15 is 0 Å². The number of nitrogens with zero attached hydrogens (tertiary/aromatic N) is 1. The van der Waals surface area contributed by atoms with Gasteiger partial charge in [0.2, 0.25) is 0 Å². The normalized spacial score (nSPS) is 11.5. The topological polar surface area (TPSA) is 58.8 Å². The quantitative estimate of drug-likeness (QED) is 0.200. The highest BCUT2D eigenvalue weighted by atomic mass is 127. The summed E-state index contributed by atoms with van der Waals surface area (Å²) in [7, 11) is 0. The average Bonchev–Trinajstić information content (AvgIpc) is 3.00. The van der Waals surface area contributed by atoms with Crippen LogP contribution in [-0.4, -0.2) is 32.2 Å². The maximum absolute atomic E-state index is 5.52. The summed E-state index contributed by atoms with van der Waals surface area (Å²) >= 11 is 0. The van der Waals surface area contributed by atoms with E-state index in [-0.39, 0.29) is 24.0 Å². The molecule has 0 saturated heterocycles. The molecule has 2 N–H and O–H groups in total. The monoisotopic (exact) mass is 421 g/mol. The second-order valence-corrected chi connectivity index (χ2v) is 4.53. The molecule has 1 aromatic heterocycles. The summed E-state index contributed by atoms with van der Waals surface area (Å²) in [6.07, 6.45) is 7.76. The molecule has 1 aromatic rings. The van der Waals surface area contributed by atoms with E-state index in [0.29, 0.717) is 13.2 Å². The van der Waals surface area contributed by atoms with Gasteiger partial charge in [0.25, 0.3) is 0 Å². The molecule has 0 amide bonds. The second kappa shape index (κ2) is 14.9. The van der Waals surface area contributed by atoms with Gasteiger partial charge in [0.15, 0.2) is 5.96 Å². The summed E-state index contributed by atoms with van der Waals surface area (Å²) in [6, 6.07) is 3.78. The van der Waals surface area contributed by atoms with Gasteiger partial charge in [-0.25, -0.2) is 0 Å². The summed E-state index contributed by atoms with van der Waals surface area (Å²) in [6.45, 7) is 7.81. The zero-order valence-corrected chi connectivity index (χ0v) is 15.8. The van der Waals surface area contributed by atoms with E-state index in [4.69, 9.17) is 9.15 Å². The molecule has 6 heteroatoms. The van der Waals surface area contributed by atoms with Crippen LogP contribution in [-0.2, 0) is 11.3 Å². The number of ether oxygens (including phenoxy) is 1. The molecular weight excluding hydrogens is 393 g/mol. The Labute approximate surface area is 150 Å². The lowest BCUT2D eigenvalue weighted by atomic mass is 10.4. The standard InChI is InChI=1S/C16H27N3O2.HI/c1-3-5-6-10-18-16(17-4-2)19-11-8-12-20-14-15-9-7-13-21-15;/h3,5,7,9,13H,4,6,8,10-12,14H2,1-2H3,(H2,17,18,19);1H/b5-3+;. The molecule has 126 valence electrons. The summed E-state index contributed by atoms with van der Waals surface area (Å²) in [5.74, 6) is 1.73. The van der Waals surface area contributed by atoms with Gasteiger partial charge in [-0.1, -0.05) is 12.2 Å². The van der Waals surface area contributed by atoms with Crippen molar-refractivity contribution in [3.8, 4) is 0 Å². The highest BCUT2D eigenvalue weighted by Crippen LogP contribution is 2.01. The van der Waals surface area contributed by atoms with Crippen LogP contribution in [0.5, 0.6) is 0 Å². The number of hydrogen-bond acceptors (Lipinski definition) is 3. The van der Waals surface area contributed by atoms with Gasteiger partial charge in [-0.3, -0.25) is 4.99 Å². The summed E-state index contributed by atoms with van der Waals surface area (Å²) < 4.78 is 10.7. The Morgan fingerprint density at radius 2 is 2.27 bits per heavy atom. The Hall–Kier alpha value is -1.02. The third-order valence-electron chi connectivity index (χ3n) is 2.72. The van der Waals surface area contributed by atoms with E-state index in [0.717, 1.165) is 44.2 Å². The van der Waals surface area contributed by atoms with Gasteiger partial charge < -0.3 is 19.8 Å². The van der Waals surface area contributed by atoms with Crippen molar-refractivity contribution < 1.29 is 9.15 Å². The number of furan rings is 1. The van der Waals surface area contributed by atoms with Crippen LogP contribution in [0, 0.1) is 0 Å². The fourth-order valence-electron chi connectivity index (χ4n) is 1.71. The van der Waals surface area contributed by atoms with Gasteiger partial charge in [0, 0.05) is 26.2 Å². The lowest BCUT2D eigenvalue weighted by Crippen LogP contribution is -2.37. The Kier molecular flexibility index (Phi) is 14.2. The predicted octanol–water partition coefficient (Wildman–Crippen LogP) is 3.33. The van der Waals surface area contributed by atoms with E-state index in [1.54, 1.807) is 6.26 Å². The maximum atomic E-state index is 5.52. The van der Waals surface area contributed by atoms with Crippen molar-refractivity contribution in [2.24, 2.45) is 4.99 Å². The van der Waals surface area contributed by atoms with E-state index < -0.39 is 0 Å². The summed E-state index contributed by atoms with van der Waals surface area (Å²) in [4.78, 5) is 4.51. The lowest BCUT2D eigenvalue weighted by molar-refractivity contribution is 0.105. The summed E-state index contributed by atoms with van der Waals surface area (Å²) in [5, 5.41) is 6.53. The molecule has 1 rings (SSSR count). The van der Waals surface area contributed by atoms with Crippen molar-refractivity contribution >= 4 is 29.9 Å². The third kappa shape index (κ3) is 10.7. The van der Waals surface area contributed by atoms with Crippen LogP contribution >= 0.6 is 24.0 Å². The average molecular weight is 421 g/mol. The number of halogens is 1. The zero-order chi connectivity index (χ0) is 15.2. The van der Waals surface area contributed by atoms with Crippen molar-refractivity contribution in [1.29, 1.82) is 0 Å². The number of rotatable bonds is 10. The molecule has 5 nitrogen and oxygen atoms in total. The molecule has 0 fully saturated rings. The summed E-state index contributed by atoms with van der Waals surface area (Å²) in [5.41, 5.74) is 0. The first kappa shape index (κ1) is 21.0. The number of guanidine groups is 1. The molecule has 22 heavy (non-hydrogen) atoms. The molecule has 0 unspecified atom stereocenters. The van der Waals surface area contributed by atoms with Crippen LogP contribution in [0.1, 0.15) is 32.4 Å². The first-order valence-corrected chi connectivity index (χ1v) is 7.60.